The summed E-state index contributed by atoms with van der Waals surface area (Å²) in [5.41, 5.74) is 7.07. The van der Waals surface area contributed by atoms with Gasteiger partial charge in [0.25, 0.3) is 0 Å². The lowest BCUT2D eigenvalue weighted by Crippen LogP contribution is -2.50. The van der Waals surface area contributed by atoms with Crippen LogP contribution < -0.4 is 10.2 Å². The second-order valence-electron chi connectivity index (χ2n) is 19.9. The molecule has 0 spiro atoms. The van der Waals surface area contributed by atoms with Gasteiger partial charge >= 0.3 is 0 Å². The minimum Gasteiger partial charge on any atom is -0.374 e. The van der Waals surface area contributed by atoms with E-state index in [1.807, 2.05) is 59.9 Å². The summed E-state index contributed by atoms with van der Waals surface area (Å²) in [5, 5.41) is 3.31. The number of ether oxygens (including phenoxy) is 1. The number of aliphatic imine (C=N–C) groups is 1. The van der Waals surface area contributed by atoms with E-state index in [0.29, 0.717) is 11.6 Å². The van der Waals surface area contributed by atoms with Gasteiger partial charge in [0.1, 0.15) is 11.9 Å². The highest BCUT2D eigenvalue weighted by Gasteiger charge is 2.53. The molecular weight excluding hydrogens is 854 g/mol. The van der Waals surface area contributed by atoms with E-state index >= 15 is 4.39 Å². The highest BCUT2D eigenvalue weighted by Crippen LogP contribution is 2.52. The van der Waals surface area contributed by atoms with Gasteiger partial charge in [-0.2, -0.15) is 0 Å². The smallest absolute Gasteiger partial charge is 0.237 e. The molecule has 2 atom stereocenters. The van der Waals surface area contributed by atoms with E-state index < -0.39 is 5.41 Å². The summed E-state index contributed by atoms with van der Waals surface area (Å²) in [5.74, 6) is 1.90. The number of benzene rings is 1. The molecule has 0 radical (unpaired) electrons. The summed E-state index contributed by atoms with van der Waals surface area (Å²) in [6, 6.07) is 7.02. The summed E-state index contributed by atoms with van der Waals surface area (Å²) in [6.45, 7) is 35.5. The van der Waals surface area contributed by atoms with Crippen molar-refractivity contribution in [2.24, 2.45) is 22.7 Å². The molecule has 69 heavy (non-hydrogen) atoms. The van der Waals surface area contributed by atoms with Crippen molar-refractivity contribution in [3.8, 4) is 0 Å². The summed E-state index contributed by atoms with van der Waals surface area (Å²) in [6.07, 6.45) is 31.7. The third kappa shape index (κ3) is 22.0. The zero-order valence-corrected chi connectivity index (χ0v) is 47.7. The fourth-order valence-electron chi connectivity index (χ4n) is 8.75. The van der Waals surface area contributed by atoms with Crippen LogP contribution in [0.5, 0.6) is 0 Å². The average molecular weight is 959 g/mol. The van der Waals surface area contributed by atoms with Gasteiger partial charge in [0.05, 0.1) is 16.8 Å². The van der Waals surface area contributed by atoms with Crippen molar-refractivity contribution in [3.05, 3.63) is 94.3 Å². The van der Waals surface area contributed by atoms with Gasteiger partial charge in [0.2, 0.25) is 5.91 Å². The van der Waals surface area contributed by atoms with Gasteiger partial charge in [-0.15, -0.1) is 0 Å². The number of fused-ring (bicyclic) bond motifs is 1. The predicted molar refractivity (Wildman–Crippen MR) is 302 cm³/mol. The number of hydrogen-bond acceptors (Lipinski definition) is 5. The minimum atomic E-state index is -0.434. The zero-order valence-electron chi connectivity index (χ0n) is 47.7. The van der Waals surface area contributed by atoms with Crippen LogP contribution in [0.1, 0.15) is 238 Å². The van der Waals surface area contributed by atoms with Crippen molar-refractivity contribution in [1.82, 2.24) is 5.32 Å². The first-order valence-electron chi connectivity index (χ1n) is 27.6. The number of carbonyl (C=O) groups excluding carboxylic acids is 2. The monoisotopic (exact) mass is 958 g/mol. The molecule has 1 saturated carbocycles. The van der Waals surface area contributed by atoms with E-state index in [1.165, 1.54) is 56.6 Å². The van der Waals surface area contributed by atoms with Crippen molar-refractivity contribution in [3.63, 3.8) is 0 Å². The van der Waals surface area contributed by atoms with Gasteiger partial charge in [-0.3, -0.25) is 14.6 Å². The normalized spacial score (nSPS) is 18.4. The van der Waals surface area contributed by atoms with Crippen molar-refractivity contribution in [1.29, 1.82) is 0 Å². The van der Waals surface area contributed by atoms with Crippen LogP contribution in [0.2, 0.25) is 0 Å². The maximum Gasteiger partial charge on any atom is 0.237 e. The molecule has 3 rings (SSSR count). The number of carbonyl (C=O) groups is 2. The zero-order chi connectivity index (χ0) is 52.5. The first kappa shape index (κ1) is 65.2. The van der Waals surface area contributed by atoms with Crippen molar-refractivity contribution >= 4 is 29.2 Å². The van der Waals surface area contributed by atoms with Crippen LogP contribution in [-0.4, -0.2) is 37.2 Å². The summed E-state index contributed by atoms with van der Waals surface area (Å²) in [4.78, 5) is 32.8. The molecular formula is C62H104FN3O3. The Kier molecular flexibility index (Phi) is 35.0. The van der Waals surface area contributed by atoms with Crippen molar-refractivity contribution in [2.45, 2.75) is 244 Å². The van der Waals surface area contributed by atoms with Gasteiger partial charge in [-0.05, 0) is 137 Å². The number of nitrogens with zero attached hydrogens (tertiary/aromatic N) is 2. The average Bonchev–Trinajstić information content (AvgIpc) is 3.54. The number of anilines is 1. The molecule has 392 valence electrons. The lowest BCUT2D eigenvalue weighted by Gasteiger charge is -2.42. The van der Waals surface area contributed by atoms with E-state index in [9.17, 15) is 9.59 Å². The number of rotatable bonds is 26. The molecule has 0 saturated heterocycles. The maximum absolute atomic E-state index is 15.0. The number of halogens is 1. The largest absolute Gasteiger partial charge is 0.374 e. The van der Waals surface area contributed by atoms with Crippen LogP contribution in [-0.2, 0) is 19.7 Å². The van der Waals surface area contributed by atoms with Crippen LogP contribution in [0.15, 0.2) is 88.1 Å². The second-order valence-corrected chi connectivity index (χ2v) is 19.9. The summed E-state index contributed by atoms with van der Waals surface area (Å²) < 4.78 is 19.9. The Morgan fingerprint density at radius 3 is 1.96 bits per heavy atom. The molecule has 0 aromatic heterocycles. The SMILES string of the molecule is CC(C)C.CCC(C)C(=O)C(C)OC.CCCCCCC.C\C=C/C(N/C(C)=C(C)/C(=C\C(=C\CC)c1ccc2c(c1)N(C1CC(CCC)C1)C(=O)C2(CCC)CCC)N=CCC)=C(F)\C=C\CC. The lowest BCUT2D eigenvalue weighted by atomic mass is 9.73. The van der Waals surface area contributed by atoms with E-state index in [4.69, 9.17) is 9.73 Å². The molecule has 7 heteroatoms. The topological polar surface area (TPSA) is 71.0 Å². The highest BCUT2D eigenvalue weighted by molar-refractivity contribution is 6.09. The van der Waals surface area contributed by atoms with E-state index in [-0.39, 0.29) is 29.7 Å². The van der Waals surface area contributed by atoms with Gasteiger partial charge < -0.3 is 15.0 Å². The first-order valence-corrected chi connectivity index (χ1v) is 27.6. The quantitative estimate of drug-likeness (QED) is 0.0570. The standard InChI is InChI=1S/C43H62FN3O.C8H16O2.C7H16.C4H10/c1-10-17-21-38(44)39(20-13-4)46-32(9)31(8)40(45-26-16-7)29-34(19-12-3)35-22-23-37-41(30-35)47(36-27-33(28-36)18-11-2)42(48)43(37,24-14-5)25-15-6;1-5-6(2)8(9)7(3)10-4;1-3-5-7-6-4-2;1-4(2)3/h13,17,19-23,26,29-30,33,36,46H,10-12,14-16,18,24-25,27-28H2,1-9H3;6-7H,5H2,1-4H3;3-7H2,1-2H3;4H,1-3H3/b20-13-,21-17+,32-31+,34-19-,39-38-,40-29+,45-26?;;;. The van der Waals surface area contributed by atoms with Gasteiger partial charge in [0.15, 0.2) is 5.78 Å². The van der Waals surface area contributed by atoms with Gasteiger partial charge in [0, 0.05) is 36.7 Å². The Labute approximate surface area is 425 Å². The van der Waals surface area contributed by atoms with E-state index in [1.54, 1.807) is 20.1 Å². The fourth-order valence-corrected chi connectivity index (χ4v) is 8.75. The van der Waals surface area contributed by atoms with Crippen molar-refractivity contribution < 1.29 is 18.7 Å². The maximum atomic E-state index is 15.0. The number of ketones is 1. The molecule has 2 unspecified atom stereocenters. The molecule has 1 aliphatic heterocycles. The molecule has 2 aliphatic rings. The van der Waals surface area contributed by atoms with Crippen molar-refractivity contribution in [2.75, 3.05) is 12.0 Å². The molecule has 1 amide bonds. The Morgan fingerprint density at radius 2 is 1.48 bits per heavy atom. The lowest BCUT2D eigenvalue weighted by molar-refractivity contribution is -0.131. The molecule has 1 aliphatic carbocycles. The van der Waals surface area contributed by atoms with Crippen LogP contribution >= 0.6 is 0 Å². The second kappa shape index (κ2) is 37.0. The Hall–Kier alpha value is -3.84. The third-order valence-electron chi connectivity index (χ3n) is 12.9. The highest BCUT2D eigenvalue weighted by atomic mass is 19.1. The summed E-state index contributed by atoms with van der Waals surface area (Å²) in [7, 11) is 1.56. The Balaban J connectivity index is 0.00000182. The van der Waals surface area contributed by atoms with Crippen LogP contribution in [0.4, 0.5) is 10.1 Å². The minimum absolute atomic E-state index is 0.134. The fraction of sp³-hybridized carbons (Fsp3) is 0.661. The molecule has 0 bridgehead atoms. The van der Waals surface area contributed by atoms with Gasteiger partial charge in [-0.1, -0.05) is 178 Å². The van der Waals surface area contributed by atoms with Crippen LogP contribution in [0.3, 0.4) is 0 Å². The molecule has 6 nitrogen and oxygen atoms in total. The number of amides is 1. The Bertz CT molecular complexity index is 1810. The molecule has 1 aromatic rings. The van der Waals surface area contributed by atoms with E-state index in [0.717, 1.165) is 110 Å². The number of Topliss-reactive ketones (excluding diaryl/α,β-unsaturated/α-hetero) is 1. The number of methoxy groups -OCH3 is 1. The molecule has 1 heterocycles. The molecule has 1 fully saturated rings. The molecule has 1 aromatic carbocycles. The number of nitrogens with one attached hydrogen (secondary N) is 1. The van der Waals surface area contributed by atoms with E-state index in [2.05, 4.69) is 110 Å². The predicted octanol–water partition coefficient (Wildman–Crippen LogP) is 18.5. The van der Waals surface area contributed by atoms with Gasteiger partial charge in [-0.25, -0.2) is 4.39 Å². The van der Waals surface area contributed by atoms with Crippen LogP contribution in [0.25, 0.3) is 5.57 Å². The summed E-state index contributed by atoms with van der Waals surface area (Å²) >= 11 is 0. The number of allylic oxidation sites excluding steroid dienone is 10. The third-order valence-corrected chi connectivity index (χ3v) is 12.9. The van der Waals surface area contributed by atoms with Crippen LogP contribution in [0, 0.1) is 17.8 Å². The number of hydrogen-bond donors (Lipinski definition) is 1. The Morgan fingerprint density at radius 1 is 0.870 bits per heavy atom. The molecule has 1 N–H and O–H groups in total. The number of unbranched alkanes of at least 4 members (excludes halogenated alkanes) is 4. The first-order chi connectivity index (χ1) is 32.9.